The van der Waals surface area contributed by atoms with Gasteiger partial charge in [0.05, 0.1) is 0 Å². The molecule has 0 amide bonds. The Morgan fingerprint density at radius 2 is 1.71 bits per heavy atom. The van der Waals surface area contributed by atoms with Gasteiger partial charge in [0.1, 0.15) is 0 Å². The molecule has 140 valence electrons. The van der Waals surface area contributed by atoms with Crippen LogP contribution in [-0.2, 0) is 0 Å². The van der Waals surface area contributed by atoms with Gasteiger partial charge in [-0.05, 0) is 83.0 Å². The summed E-state index contributed by atoms with van der Waals surface area (Å²) in [5, 5.41) is 3.22. The third-order valence-corrected chi connectivity index (χ3v) is 5.51. The van der Waals surface area contributed by atoms with Gasteiger partial charge in [0.15, 0.2) is 0 Å². The van der Waals surface area contributed by atoms with Gasteiger partial charge in [-0.1, -0.05) is 27.7 Å². The van der Waals surface area contributed by atoms with Crippen LogP contribution in [0.1, 0.15) is 72.6 Å². The van der Waals surface area contributed by atoms with Gasteiger partial charge in [-0.3, -0.25) is 0 Å². The van der Waals surface area contributed by atoms with E-state index in [4.69, 9.17) is 0 Å². The highest BCUT2D eigenvalue weighted by molar-refractivity contribution is 5.01. The van der Waals surface area contributed by atoms with Crippen LogP contribution in [0.5, 0.6) is 0 Å². The summed E-state index contributed by atoms with van der Waals surface area (Å²) in [6.45, 7) is 11.8. The van der Waals surface area contributed by atoms with Crippen molar-refractivity contribution in [3.05, 3.63) is 0 Å². The fraction of sp³-hybridized carbons (Fsp3) is 0.909. The number of nitrogens with zero attached hydrogens (tertiary/aromatic N) is 1. The molecule has 0 spiro atoms. The highest BCUT2D eigenvalue weighted by Gasteiger charge is 2.27. The van der Waals surface area contributed by atoms with Crippen molar-refractivity contribution in [1.82, 2.24) is 10.2 Å². The van der Waals surface area contributed by atoms with E-state index >= 15 is 0 Å². The van der Waals surface area contributed by atoms with Crippen molar-refractivity contribution < 1.29 is 0 Å². The number of rotatable bonds is 9. The lowest BCUT2D eigenvalue weighted by Gasteiger charge is -2.39. The number of nitrogens with one attached hydrogen (secondary N) is 1. The van der Waals surface area contributed by atoms with Gasteiger partial charge in [0.2, 0.25) is 0 Å². The number of piperidine rings is 1. The van der Waals surface area contributed by atoms with Gasteiger partial charge in [-0.25, -0.2) is 0 Å². The molecule has 2 heteroatoms. The predicted molar refractivity (Wildman–Crippen MR) is 107 cm³/mol. The zero-order valence-electron chi connectivity index (χ0n) is 17.2. The largest absolute Gasteiger partial charge is 0.320 e. The van der Waals surface area contributed by atoms with Gasteiger partial charge < -0.3 is 10.2 Å². The molecule has 0 aromatic carbocycles. The van der Waals surface area contributed by atoms with Crippen LogP contribution >= 0.6 is 0 Å². The van der Waals surface area contributed by atoms with Crippen molar-refractivity contribution in [1.29, 1.82) is 0 Å². The van der Waals surface area contributed by atoms with E-state index < -0.39 is 0 Å². The Morgan fingerprint density at radius 3 is 2.33 bits per heavy atom. The number of hydrogen-bond donors (Lipinski definition) is 1. The van der Waals surface area contributed by atoms with E-state index in [0.29, 0.717) is 5.92 Å². The first-order chi connectivity index (χ1) is 11.4. The summed E-state index contributed by atoms with van der Waals surface area (Å²) >= 11 is 0. The SMILES string of the molecule is CNCCC(C)CC#CCC(C)CC1CC(CC(C)C)CCN1C. The van der Waals surface area contributed by atoms with E-state index in [9.17, 15) is 0 Å². The molecule has 1 saturated heterocycles. The quantitative estimate of drug-likeness (QED) is 0.609. The average Bonchev–Trinajstić information content (AvgIpc) is 2.52. The Bertz CT molecular complexity index is 379. The van der Waals surface area contributed by atoms with Crippen LogP contribution in [0.4, 0.5) is 0 Å². The second-order valence-electron chi connectivity index (χ2n) is 8.75. The topological polar surface area (TPSA) is 15.3 Å². The van der Waals surface area contributed by atoms with Gasteiger partial charge in [-0.15, -0.1) is 11.8 Å². The first-order valence-electron chi connectivity index (χ1n) is 10.2. The fourth-order valence-corrected chi connectivity index (χ4v) is 3.94. The molecule has 1 heterocycles. The first-order valence-corrected chi connectivity index (χ1v) is 10.2. The molecule has 1 N–H and O–H groups in total. The standard InChI is InChI=1S/C22H42N2/c1-18(2)15-21-12-14-24(6)22(17-21)16-20(4)10-8-7-9-19(3)11-13-23-5/h18-23H,9-17H2,1-6H3. The normalized spacial score (nSPS) is 24.5. The van der Waals surface area contributed by atoms with Crippen molar-refractivity contribution in [2.75, 3.05) is 27.2 Å². The molecule has 0 bridgehead atoms. The van der Waals surface area contributed by atoms with Crippen LogP contribution in [-0.4, -0.2) is 38.1 Å². The summed E-state index contributed by atoms with van der Waals surface area (Å²) < 4.78 is 0. The number of hydrogen-bond acceptors (Lipinski definition) is 2. The molecule has 0 aromatic heterocycles. The lowest BCUT2D eigenvalue weighted by Crippen LogP contribution is -2.41. The second kappa shape index (κ2) is 11.9. The summed E-state index contributed by atoms with van der Waals surface area (Å²) in [6, 6.07) is 0.772. The maximum Gasteiger partial charge on any atom is 0.0115 e. The summed E-state index contributed by atoms with van der Waals surface area (Å²) in [5.41, 5.74) is 0. The van der Waals surface area contributed by atoms with Crippen molar-refractivity contribution in [2.45, 2.75) is 78.7 Å². The second-order valence-corrected chi connectivity index (χ2v) is 8.75. The van der Waals surface area contributed by atoms with E-state index in [-0.39, 0.29) is 0 Å². The predicted octanol–water partition coefficient (Wildman–Crippen LogP) is 4.80. The Hall–Kier alpha value is -0.520. The highest BCUT2D eigenvalue weighted by Crippen LogP contribution is 2.30. The van der Waals surface area contributed by atoms with Crippen LogP contribution in [0.15, 0.2) is 0 Å². The third kappa shape index (κ3) is 9.09. The van der Waals surface area contributed by atoms with E-state index in [1.165, 1.54) is 38.6 Å². The zero-order chi connectivity index (χ0) is 17.9. The van der Waals surface area contributed by atoms with Crippen LogP contribution in [0.3, 0.4) is 0 Å². The van der Waals surface area contributed by atoms with E-state index in [0.717, 1.165) is 43.2 Å². The minimum Gasteiger partial charge on any atom is -0.320 e. The Morgan fingerprint density at radius 1 is 1.04 bits per heavy atom. The maximum absolute atomic E-state index is 3.45. The molecule has 0 saturated carbocycles. The van der Waals surface area contributed by atoms with Crippen molar-refractivity contribution in [3.8, 4) is 11.8 Å². The molecule has 0 radical (unpaired) electrons. The minimum absolute atomic E-state index is 0.710. The molecular weight excluding hydrogens is 292 g/mol. The van der Waals surface area contributed by atoms with Crippen molar-refractivity contribution >= 4 is 0 Å². The molecule has 1 rings (SSSR count). The monoisotopic (exact) mass is 334 g/mol. The maximum atomic E-state index is 3.45. The molecule has 4 unspecified atom stereocenters. The minimum atomic E-state index is 0.710. The molecule has 1 fully saturated rings. The van der Waals surface area contributed by atoms with Crippen molar-refractivity contribution in [2.24, 2.45) is 23.7 Å². The van der Waals surface area contributed by atoms with Crippen LogP contribution in [0, 0.1) is 35.5 Å². The Labute approximate surface area is 152 Å². The Balaban J connectivity index is 2.31. The van der Waals surface area contributed by atoms with Gasteiger partial charge in [0.25, 0.3) is 0 Å². The highest BCUT2D eigenvalue weighted by atomic mass is 15.1. The molecule has 2 nitrogen and oxygen atoms in total. The van der Waals surface area contributed by atoms with Gasteiger partial charge >= 0.3 is 0 Å². The lowest BCUT2D eigenvalue weighted by atomic mass is 9.82. The van der Waals surface area contributed by atoms with E-state index in [1.54, 1.807) is 0 Å². The van der Waals surface area contributed by atoms with Gasteiger partial charge in [0, 0.05) is 18.9 Å². The van der Waals surface area contributed by atoms with E-state index in [1.807, 2.05) is 7.05 Å². The molecule has 0 aromatic rings. The third-order valence-electron chi connectivity index (χ3n) is 5.51. The smallest absolute Gasteiger partial charge is 0.0115 e. The molecular formula is C22H42N2. The van der Waals surface area contributed by atoms with E-state index in [2.05, 4.69) is 56.8 Å². The Kier molecular flexibility index (Phi) is 10.7. The fourth-order valence-electron chi connectivity index (χ4n) is 3.94. The molecule has 24 heavy (non-hydrogen) atoms. The average molecular weight is 335 g/mol. The molecule has 4 atom stereocenters. The summed E-state index contributed by atoms with van der Waals surface area (Å²) in [6.07, 6.45) is 8.85. The van der Waals surface area contributed by atoms with Crippen LogP contribution in [0.2, 0.25) is 0 Å². The van der Waals surface area contributed by atoms with Crippen molar-refractivity contribution in [3.63, 3.8) is 0 Å². The molecule has 1 aliphatic rings. The lowest BCUT2D eigenvalue weighted by molar-refractivity contribution is 0.112. The number of likely N-dealkylation sites (tertiary alicyclic amines) is 1. The van der Waals surface area contributed by atoms with Crippen LogP contribution < -0.4 is 5.32 Å². The zero-order valence-corrected chi connectivity index (χ0v) is 17.2. The summed E-state index contributed by atoms with van der Waals surface area (Å²) in [5.74, 6) is 10.1. The first kappa shape index (κ1) is 21.5. The van der Waals surface area contributed by atoms with Crippen LogP contribution in [0.25, 0.3) is 0 Å². The summed E-state index contributed by atoms with van der Waals surface area (Å²) in [7, 11) is 4.34. The molecule has 1 aliphatic heterocycles. The molecule has 0 aliphatic carbocycles. The summed E-state index contributed by atoms with van der Waals surface area (Å²) in [4.78, 5) is 2.60. The van der Waals surface area contributed by atoms with Gasteiger partial charge in [-0.2, -0.15) is 0 Å².